The second-order valence-corrected chi connectivity index (χ2v) is 13.3. The van der Waals surface area contributed by atoms with Crippen molar-refractivity contribution < 1.29 is 0 Å². The SMILES string of the molecule is C1=CC2C3C=CC=CC3N(c3cccc(-c4ccc(N(c5ccc(-c6ccccc6)cc5)c5ccc(-c6ccccc6)cc5)cc4)c3)C2C=C1. The fourth-order valence-corrected chi connectivity index (χ4v) is 8.00. The van der Waals surface area contributed by atoms with Gasteiger partial charge in [-0.15, -0.1) is 0 Å². The van der Waals surface area contributed by atoms with Crippen molar-refractivity contribution in [2.45, 2.75) is 12.1 Å². The Hall–Kier alpha value is -6.12. The summed E-state index contributed by atoms with van der Waals surface area (Å²) < 4.78 is 0. The first kappa shape index (κ1) is 30.0. The first-order valence-electron chi connectivity index (χ1n) is 17.6. The summed E-state index contributed by atoms with van der Waals surface area (Å²) in [7, 11) is 0. The van der Waals surface area contributed by atoms with Crippen molar-refractivity contribution in [1.29, 1.82) is 0 Å². The Morgan fingerprint density at radius 3 is 1.18 bits per heavy atom. The number of hydrogen-bond donors (Lipinski definition) is 0. The molecule has 6 aromatic rings. The molecule has 0 aromatic heterocycles. The second kappa shape index (κ2) is 13.1. The Labute approximate surface area is 295 Å². The molecule has 1 saturated heterocycles. The minimum absolute atomic E-state index is 0.357. The van der Waals surface area contributed by atoms with E-state index < -0.39 is 0 Å². The van der Waals surface area contributed by atoms with Crippen LogP contribution in [0.15, 0.2) is 206 Å². The van der Waals surface area contributed by atoms with Crippen LogP contribution in [0.1, 0.15) is 0 Å². The number of fused-ring (bicyclic) bond motifs is 3. The molecule has 0 spiro atoms. The van der Waals surface area contributed by atoms with Crippen LogP contribution in [-0.2, 0) is 0 Å². The molecule has 0 saturated carbocycles. The summed E-state index contributed by atoms with van der Waals surface area (Å²) in [6, 6.07) is 57.8. The average Bonchev–Trinajstić information content (AvgIpc) is 3.54. The van der Waals surface area contributed by atoms with Gasteiger partial charge in [0.2, 0.25) is 0 Å². The van der Waals surface area contributed by atoms with Crippen molar-refractivity contribution in [1.82, 2.24) is 0 Å². The smallest absolute Gasteiger partial charge is 0.0551 e. The summed E-state index contributed by atoms with van der Waals surface area (Å²) in [5.74, 6) is 0.979. The molecule has 4 atom stereocenters. The zero-order valence-corrected chi connectivity index (χ0v) is 27.8. The van der Waals surface area contributed by atoms with Gasteiger partial charge in [-0.05, 0) is 81.9 Å². The van der Waals surface area contributed by atoms with Gasteiger partial charge in [-0.25, -0.2) is 0 Å². The molecule has 0 bridgehead atoms. The van der Waals surface area contributed by atoms with Gasteiger partial charge in [0.15, 0.2) is 0 Å². The van der Waals surface area contributed by atoms with Gasteiger partial charge in [0.25, 0.3) is 0 Å². The first-order valence-corrected chi connectivity index (χ1v) is 17.6. The minimum atomic E-state index is 0.357. The lowest BCUT2D eigenvalue weighted by Gasteiger charge is -2.32. The normalized spacial score (nSPS) is 20.0. The summed E-state index contributed by atoms with van der Waals surface area (Å²) in [5, 5.41) is 0. The van der Waals surface area contributed by atoms with Gasteiger partial charge in [0, 0.05) is 34.6 Å². The highest BCUT2D eigenvalue weighted by Crippen LogP contribution is 2.45. The van der Waals surface area contributed by atoms with E-state index in [2.05, 4.69) is 216 Å². The van der Waals surface area contributed by atoms with Crippen LogP contribution in [0.4, 0.5) is 22.7 Å². The van der Waals surface area contributed by atoms with Crippen molar-refractivity contribution in [2.24, 2.45) is 11.8 Å². The van der Waals surface area contributed by atoms with Crippen molar-refractivity contribution in [3.63, 3.8) is 0 Å². The van der Waals surface area contributed by atoms with Crippen LogP contribution < -0.4 is 9.80 Å². The zero-order chi connectivity index (χ0) is 33.3. The number of allylic oxidation sites excluding steroid dienone is 4. The van der Waals surface area contributed by atoms with Crippen LogP contribution in [-0.4, -0.2) is 12.1 Å². The van der Waals surface area contributed by atoms with Gasteiger partial charge in [0.1, 0.15) is 0 Å². The number of anilines is 4. The highest BCUT2D eigenvalue weighted by molar-refractivity contribution is 5.81. The van der Waals surface area contributed by atoms with Crippen LogP contribution in [0.3, 0.4) is 0 Å². The van der Waals surface area contributed by atoms with Crippen molar-refractivity contribution in [3.05, 3.63) is 206 Å². The summed E-state index contributed by atoms with van der Waals surface area (Å²) in [5.41, 5.74) is 11.9. The highest BCUT2D eigenvalue weighted by Gasteiger charge is 2.45. The zero-order valence-electron chi connectivity index (χ0n) is 27.8. The third kappa shape index (κ3) is 5.59. The van der Waals surface area contributed by atoms with Crippen LogP contribution >= 0.6 is 0 Å². The van der Waals surface area contributed by atoms with Crippen molar-refractivity contribution in [3.8, 4) is 33.4 Å². The number of rotatable bonds is 7. The molecule has 0 N–H and O–H groups in total. The maximum atomic E-state index is 2.62. The first-order chi connectivity index (χ1) is 24.8. The van der Waals surface area contributed by atoms with E-state index in [1.807, 2.05) is 0 Å². The molecular formula is C48H38N2. The van der Waals surface area contributed by atoms with Crippen LogP contribution in [0, 0.1) is 11.8 Å². The van der Waals surface area contributed by atoms with E-state index in [9.17, 15) is 0 Å². The molecule has 1 fully saturated rings. The van der Waals surface area contributed by atoms with Gasteiger partial charge in [-0.3, -0.25) is 0 Å². The minimum Gasteiger partial charge on any atom is -0.357 e. The van der Waals surface area contributed by atoms with E-state index in [4.69, 9.17) is 0 Å². The van der Waals surface area contributed by atoms with Crippen molar-refractivity contribution >= 4 is 22.7 Å². The van der Waals surface area contributed by atoms with Crippen LogP contribution in [0.25, 0.3) is 33.4 Å². The highest BCUT2D eigenvalue weighted by atomic mass is 15.2. The molecular weight excluding hydrogens is 605 g/mol. The summed E-state index contributed by atoms with van der Waals surface area (Å²) in [6.45, 7) is 0. The largest absolute Gasteiger partial charge is 0.357 e. The molecule has 9 rings (SSSR count). The lowest BCUT2D eigenvalue weighted by Crippen LogP contribution is -2.36. The molecule has 2 nitrogen and oxygen atoms in total. The predicted octanol–water partition coefficient (Wildman–Crippen LogP) is 12.2. The van der Waals surface area contributed by atoms with Gasteiger partial charge in [0.05, 0.1) is 12.1 Å². The molecule has 0 radical (unpaired) electrons. The van der Waals surface area contributed by atoms with E-state index in [1.54, 1.807) is 0 Å². The number of nitrogens with zero attached hydrogens (tertiary/aromatic N) is 2. The Morgan fingerprint density at radius 2 is 0.720 bits per heavy atom. The summed E-state index contributed by atoms with van der Waals surface area (Å²) >= 11 is 0. The second-order valence-electron chi connectivity index (χ2n) is 13.3. The maximum Gasteiger partial charge on any atom is 0.0551 e. The lowest BCUT2D eigenvalue weighted by molar-refractivity contribution is 0.527. The van der Waals surface area contributed by atoms with E-state index in [0.717, 1.165) is 17.1 Å². The van der Waals surface area contributed by atoms with Gasteiger partial charge < -0.3 is 9.80 Å². The molecule has 3 aliphatic rings. The molecule has 6 aromatic carbocycles. The molecule has 1 aliphatic heterocycles. The Balaban J connectivity index is 1.05. The fraction of sp³-hybridized carbons (Fsp3) is 0.0833. The van der Waals surface area contributed by atoms with Gasteiger partial charge in [-0.1, -0.05) is 158 Å². The fourth-order valence-electron chi connectivity index (χ4n) is 8.00. The molecule has 0 amide bonds. The van der Waals surface area contributed by atoms with Gasteiger partial charge in [-0.2, -0.15) is 0 Å². The van der Waals surface area contributed by atoms with E-state index in [1.165, 1.54) is 39.1 Å². The monoisotopic (exact) mass is 642 g/mol. The van der Waals surface area contributed by atoms with Crippen molar-refractivity contribution in [2.75, 3.05) is 9.80 Å². The Kier molecular flexibility index (Phi) is 7.83. The summed E-state index contributed by atoms with van der Waals surface area (Å²) in [6.07, 6.45) is 18.4. The number of benzene rings is 6. The Morgan fingerprint density at radius 1 is 0.340 bits per heavy atom. The van der Waals surface area contributed by atoms with Crippen LogP contribution in [0.2, 0.25) is 0 Å². The summed E-state index contributed by atoms with van der Waals surface area (Å²) in [4.78, 5) is 4.97. The molecule has 4 unspecified atom stereocenters. The lowest BCUT2D eigenvalue weighted by atomic mass is 9.83. The third-order valence-electron chi connectivity index (χ3n) is 10.4. The molecule has 240 valence electrons. The maximum absolute atomic E-state index is 2.62. The average molecular weight is 643 g/mol. The topological polar surface area (TPSA) is 6.48 Å². The Bertz CT molecular complexity index is 2090. The molecule has 2 aliphatic carbocycles. The van der Waals surface area contributed by atoms with E-state index >= 15 is 0 Å². The third-order valence-corrected chi connectivity index (χ3v) is 10.4. The molecule has 2 heteroatoms. The number of hydrogen-bond acceptors (Lipinski definition) is 2. The molecule has 50 heavy (non-hydrogen) atoms. The standard InChI is InChI=1S/C48H38N2/c1-3-12-35(13-4-1)37-22-28-41(29-23-37)49(42-30-24-38(25-31-42)36-14-5-2-6-15-36)43-32-26-39(27-33-43)40-16-11-17-44(34-40)50-47-20-9-7-18-45(47)46-19-8-10-21-48(46)50/h1-34,45-48H. The van der Waals surface area contributed by atoms with Gasteiger partial charge >= 0.3 is 0 Å². The van der Waals surface area contributed by atoms with Crippen LogP contribution in [0.5, 0.6) is 0 Å². The molecule has 1 heterocycles. The van der Waals surface area contributed by atoms with E-state index in [-0.39, 0.29) is 0 Å². The quantitative estimate of drug-likeness (QED) is 0.171. The predicted molar refractivity (Wildman–Crippen MR) is 211 cm³/mol. The van der Waals surface area contributed by atoms with E-state index in [0.29, 0.717) is 23.9 Å².